The van der Waals surface area contributed by atoms with Crippen LogP contribution < -0.4 is 10.2 Å². The molecule has 0 saturated heterocycles. The fraction of sp³-hybridized carbons (Fsp3) is 0. The molecule has 114 valence electrons. The fourth-order valence-corrected chi connectivity index (χ4v) is 1.87. The molecular weight excluding hydrogens is 292 g/mol. The number of carbonyl (C=O) groups is 1. The van der Waals surface area contributed by atoms with E-state index in [-0.39, 0.29) is 5.76 Å². The zero-order valence-corrected chi connectivity index (χ0v) is 12.2. The predicted molar refractivity (Wildman–Crippen MR) is 87.8 cm³/mol. The van der Waals surface area contributed by atoms with Gasteiger partial charge in [0.05, 0.1) is 18.2 Å². The Balaban J connectivity index is 1.57. The summed E-state index contributed by atoms with van der Waals surface area (Å²) in [5, 5.41) is 4.15. The Morgan fingerprint density at radius 1 is 1.00 bits per heavy atom. The van der Waals surface area contributed by atoms with Gasteiger partial charge in [0.1, 0.15) is 5.75 Å². The van der Waals surface area contributed by atoms with Crippen molar-refractivity contribution in [2.24, 2.45) is 5.10 Å². The van der Waals surface area contributed by atoms with Crippen LogP contribution in [0.4, 0.5) is 5.69 Å². The second-order valence-electron chi connectivity index (χ2n) is 4.67. The number of furan rings is 1. The SMILES string of the molecule is O=C(Oc1ccc(/C=N/Nc2ccccc2)cc1)c1ccco1. The number of para-hydroxylation sites is 1. The highest BCUT2D eigenvalue weighted by atomic mass is 16.5. The van der Waals surface area contributed by atoms with Gasteiger partial charge in [-0.3, -0.25) is 5.43 Å². The lowest BCUT2D eigenvalue weighted by Gasteiger charge is -2.02. The average molecular weight is 306 g/mol. The van der Waals surface area contributed by atoms with Crippen molar-refractivity contribution in [3.63, 3.8) is 0 Å². The van der Waals surface area contributed by atoms with Crippen molar-refractivity contribution in [3.8, 4) is 5.75 Å². The molecule has 0 fully saturated rings. The predicted octanol–water partition coefficient (Wildman–Crippen LogP) is 3.94. The smallest absolute Gasteiger partial charge is 0.379 e. The van der Waals surface area contributed by atoms with Crippen LogP contribution in [-0.4, -0.2) is 12.2 Å². The molecule has 0 atom stereocenters. The molecule has 5 heteroatoms. The van der Waals surface area contributed by atoms with Crippen molar-refractivity contribution in [1.29, 1.82) is 0 Å². The highest BCUT2D eigenvalue weighted by molar-refractivity contribution is 5.88. The molecule has 0 saturated carbocycles. The monoisotopic (exact) mass is 306 g/mol. The maximum Gasteiger partial charge on any atom is 0.379 e. The van der Waals surface area contributed by atoms with Crippen molar-refractivity contribution < 1.29 is 13.9 Å². The maximum absolute atomic E-state index is 11.7. The zero-order valence-electron chi connectivity index (χ0n) is 12.2. The van der Waals surface area contributed by atoms with Crippen molar-refractivity contribution in [3.05, 3.63) is 84.3 Å². The first kappa shape index (κ1) is 14.6. The lowest BCUT2D eigenvalue weighted by atomic mass is 10.2. The van der Waals surface area contributed by atoms with Gasteiger partial charge in [-0.05, 0) is 54.1 Å². The summed E-state index contributed by atoms with van der Waals surface area (Å²) in [4.78, 5) is 11.7. The maximum atomic E-state index is 11.7. The molecule has 1 N–H and O–H groups in total. The number of anilines is 1. The molecule has 0 amide bonds. The first-order chi connectivity index (χ1) is 11.3. The van der Waals surface area contributed by atoms with Crippen molar-refractivity contribution >= 4 is 17.9 Å². The first-order valence-corrected chi connectivity index (χ1v) is 7.01. The van der Waals surface area contributed by atoms with Crippen molar-refractivity contribution in [1.82, 2.24) is 0 Å². The van der Waals surface area contributed by atoms with Crippen molar-refractivity contribution in [2.45, 2.75) is 0 Å². The normalized spacial score (nSPS) is 10.6. The van der Waals surface area contributed by atoms with E-state index in [1.54, 1.807) is 42.6 Å². The molecule has 5 nitrogen and oxygen atoms in total. The number of esters is 1. The van der Waals surface area contributed by atoms with E-state index in [2.05, 4.69) is 10.5 Å². The summed E-state index contributed by atoms with van der Waals surface area (Å²) < 4.78 is 10.2. The van der Waals surface area contributed by atoms with Crippen LogP contribution in [0.3, 0.4) is 0 Å². The summed E-state index contributed by atoms with van der Waals surface area (Å²) in [6.45, 7) is 0. The van der Waals surface area contributed by atoms with E-state index >= 15 is 0 Å². The van der Waals surface area contributed by atoms with E-state index < -0.39 is 5.97 Å². The second kappa shape index (κ2) is 7.09. The third-order valence-electron chi connectivity index (χ3n) is 2.99. The van der Waals surface area contributed by atoms with Gasteiger partial charge in [0.25, 0.3) is 0 Å². The van der Waals surface area contributed by atoms with Crippen LogP contribution in [0.15, 0.2) is 82.5 Å². The van der Waals surface area contributed by atoms with Gasteiger partial charge in [-0.15, -0.1) is 0 Å². The Bertz CT molecular complexity index is 779. The number of nitrogens with one attached hydrogen (secondary N) is 1. The highest BCUT2D eigenvalue weighted by Crippen LogP contribution is 2.14. The molecule has 1 aromatic heterocycles. The van der Waals surface area contributed by atoms with E-state index in [0.29, 0.717) is 5.75 Å². The third-order valence-corrected chi connectivity index (χ3v) is 2.99. The molecule has 0 aliphatic heterocycles. The van der Waals surface area contributed by atoms with Gasteiger partial charge in [0.2, 0.25) is 5.76 Å². The van der Waals surface area contributed by atoms with Crippen LogP contribution in [-0.2, 0) is 0 Å². The lowest BCUT2D eigenvalue weighted by molar-refractivity contribution is 0.0701. The number of carbonyl (C=O) groups excluding carboxylic acids is 1. The minimum atomic E-state index is -0.526. The van der Waals surface area contributed by atoms with E-state index in [4.69, 9.17) is 9.15 Å². The van der Waals surface area contributed by atoms with Gasteiger partial charge in [0, 0.05) is 0 Å². The minimum Gasteiger partial charge on any atom is -0.457 e. The second-order valence-corrected chi connectivity index (χ2v) is 4.67. The molecule has 0 spiro atoms. The van der Waals surface area contributed by atoms with E-state index in [0.717, 1.165) is 11.3 Å². The lowest BCUT2D eigenvalue weighted by Crippen LogP contribution is -2.07. The van der Waals surface area contributed by atoms with Gasteiger partial charge in [0.15, 0.2) is 0 Å². The molecule has 0 aliphatic carbocycles. The summed E-state index contributed by atoms with van der Waals surface area (Å²) in [6.07, 6.45) is 3.11. The van der Waals surface area contributed by atoms with Crippen LogP contribution in [0.1, 0.15) is 16.1 Å². The van der Waals surface area contributed by atoms with Crippen LogP contribution in [0, 0.1) is 0 Å². The van der Waals surface area contributed by atoms with Crippen LogP contribution in [0.5, 0.6) is 5.75 Å². The summed E-state index contributed by atoms with van der Waals surface area (Å²) in [5.74, 6) is 0.0874. The van der Waals surface area contributed by atoms with Crippen LogP contribution >= 0.6 is 0 Å². The molecule has 0 radical (unpaired) electrons. The summed E-state index contributed by atoms with van der Waals surface area (Å²) >= 11 is 0. The Kier molecular flexibility index (Phi) is 4.49. The Morgan fingerprint density at radius 3 is 2.48 bits per heavy atom. The number of ether oxygens (including phenoxy) is 1. The standard InChI is InChI=1S/C18H14N2O3/c21-18(17-7-4-12-22-17)23-16-10-8-14(9-11-16)13-19-20-15-5-2-1-3-6-15/h1-13,20H/b19-13+. The van der Waals surface area contributed by atoms with E-state index in [9.17, 15) is 4.79 Å². The summed E-state index contributed by atoms with van der Waals surface area (Å²) in [5.41, 5.74) is 4.72. The van der Waals surface area contributed by atoms with Crippen LogP contribution in [0.2, 0.25) is 0 Å². The van der Waals surface area contributed by atoms with E-state index in [1.165, 1.54) is 6.26 Å². The van der Waals surface area contributed by atoms with Gasteiger partial charge in [-0.25, -0.2) is 4.79 Å². The quantitative estimate of drug-likeness (QED) is 0.335. The van der Waals surface area contributed by atoms with Gasteiger partial charge >= 0.3 is 5.97 Å². The number of rotatable bonds is 5. The number of hydrogen-bond acceptors (Lipinski definition) is 5. The third kappa shape index (κ3) is 4.07. The van der Waals surface area contributed by atoms with Gasteiger partial charge in [-0.1, -0.05) is 18.2 Å². The van der Waals surface area contributed by atoms with Crippen molar-refractivity contribution in [2.75, 3.05) is 5.43 Å². The molecule has 1 heterocycles. The number of hydrazone groups is 1. The number of benzene rings is 2. The molecule has 2 aromatic carbocycles. The molecule has 3 rings (SSSR count). The molecular formula is C18H14N2O3. The number of nitrogens with zero attached hydrogens (tertiary/aromatic N) is 1. The van der Waals surface area contributed by atoms with Crippen LogP contribution in [0.25, 0.3) is 0 Å². The molecule has 3 aromatic rings. The topological polar surface area (TPSA) is 63.8 Å². The molecule has 0 bridgehead atoms. The zero-order chi connectivity index (χ0) is 15.9. The summed E-state index contributed by atoms with van der Waals surface area (Å²) in [7, 11) is 0. The Hall–Kier alpha value is -3.34. The highest BCUT2D eigenvalue weighted by Gasteiger charge is 2.10. The average Bonchev–Trinajstić information content (AvgIpc) is 3.12. The van der Waals surface area contributed by atoms with Gasteiger partial charge < -0.3 is 9.15 Å². The Morgan fingerprint density at radius 2 is 1.78 bits per heavy atom. The molecule has 0 unspecified atom stereocenters. The fourth-order valence-electron chi connectivity index (χ4n) is 1.87. The number of hydrogen-bond donors (Lipinski definition) is 1. The first-order valence-electron chi connectivity index (χ1n) is 7.01. The molecule has 0 aliphatic rings. The minimum absolute atomic E-state index is 0.169. The molecule has 23 heavy (non-hydrogen) atoms. The largest absolute Gasteiger partial charge is 0.457 e. The van der Waals surface area contributed by atoms with Gasteiger partial charge in [-0.2, -0.15) is 5.10 Å². The summed E-state index contributed by atoms with van der Waals surface area (Å²) in [6, 6.07) is 19.9. The van der Waals surface area contributed by atoms with E-state index in [1.807, 2.05) is 30.3 Å². The Labute approximate surface area is 133 Å².